The molecule has 0 saturated heterocycles. The van der Waals surface area contributed by atoms with Gasteiger partial charge in [-0.05, 0) is 37.3 Å². The third kappa shape index (κ3) is 3.76. The van der Waals surface area contributed by atoms with Crippen molar-refractivity contribution in [2.45, 2.75) is 11.8 Å². The molecule has 6 nitrogen and oxygen atoms in total. The van der Waals surface area contributed by atoms with Crippen LogP contribution in [0.3, 0.4) is 0 Å². The van der Waals surface area contributed by atoms with Crippen LogP contribution in [0.15, 0.2) is 64.9 Å². The summed E-state index contributed by atoms with van der Waals surface area (Å²) in [5.74, 6) is -0.404. The van der Waals surface area contributed by atoms with Gasteiger partial charge in [-0.3, -0.25) is 14.4 Å². The average molecular weight is 387 g/mol. The van der Waals surface area contributed by atoms with Crippen molar-refractivity contribution in [3.05, 3.63) is 71.2 Å². The Morgan fingerprint density at radius 3 is 2.50 bits per heavy atom. The lowest BCUT2D eigenvalue weighted by atomic mass is 10.2. The first-order chi connectivity index (χ1) is 12.4. The smallest absolute Gasteiger partial charge is 0.264 e. The van der Waals surface area contributed by atoms with Crippen LogP contribution < -0.4 is 9.62 Å². The summed E-state index contributed by atoms with van der Waals surface area (Å²) in [4.78, 5) is 16.6. The number of para-hydroxylation sites is 1. The van der Waals surface area contributed by atoms with E-state index >= 15 is 0 Å². The van der Waals surface area contributed by atoms with E-state index in [0.717, 1.165) is 5.69 Å². The van der Waals surface area contributed by atoms with Gasteiger partial charge in [0.25, 0.3) is 15.9 Å². The zero-order chi connectivity index (χ0) is 18.7. The number of thiazole rings is 1. The minimum absolute atomic E-state index is 0.0480. The molecule has 0 radical (unpaired) electrons. The van der Waals surface area contributed by atoms with E-state index in [-0.39, 0.29) is 10.5 Å². The van der Waals surface area contributed by atoms with E-state index in [4.69, 9.17) is 0 Å². The van der Waals surface area contributed by atoms with E-state index in [1.54, 1.807) is 36.4 Å². The standard InChI is InChI=1S/C18H17N3O3S2/c1-13-12-25-18(19-13)20-17(22)14-7-6-10-16(11-14)26(23,24)21(2)15-8-4-3-5-9-15/h3-12H,1-2H3,(H,19,20,22). The molecule has 0 unspecified atom stereocenters. The molecule has 1 heterocycles. The topological polar surface area (TPSA) is 79.4 Å². The Hall–Kier alpha value is -2.71. The van der Waals surface area contributed by atoms with Crippen LogP contribution in [0.5, 0.6) is 0 Å². The van der Waals surface area contributed by atoms with Gasteiger partial charge in [-0.15, -0.1) is 11.3 Å². The van der Waals surface area contributed by atoms with Crippen LogP contribution in [-0.4, -0.2) is 26.4 Å². The monoisotopic (exact) mass is 387 g/mol. The molecule has 1 aromatic heterocycles. The molecule has 0 bridgehead atoms. The number of aryl methyl sites for hydroxylation is 1. The van der Waals surface area contributed by atoms with Gasteiger partial charge in [-0.2, -0.15) is 0 Å². The number of hydrogen-bond donors (Lipinski definition) is 1. The fourth-order valence-corrected chi connectivity index (χ4v) is 4.24. The van der Waals surface area contributed by atoms with Gasteiger partial charge in [0.1, 0.15) is 0 Å². The molecule has 8 heteroatoms. The molecule has 1 N–H and O–H groups in total. The highest BCUT2D eigenvalue weighted by atomic mass is 32.2. The number of carbonyl (C=O) groups is 1. The first-order valence-electron chi connectivity index (χ1n) is 7.75. The molecule has 0 aliphatic heterocycles. The van der Waals surface area contributed by atoms with E-state index in [1.165, 1.54) is 34.8 Å². The predicted octanol–water partition coefficient (Wildman–Crippen LogP) is 3.53. The largest absolute Gasteiger partial charge is 0.298 e. The van der Waals surface area contributed by atoms with Crippen LogP contribution in [0.1, 0.15) is 16.1 Å². The number of hydrogen-bond acceptors (Lipinski definition) is 5. The Morgan fingerprint density at radius 1 is 1.12 bits per heavy atom. The lowest BCUT2D eigenvalue weighted by Gasteiger charge is -2.19. The van der Waals surface area contributed by atoms with Crippen molar-refractivity contribution in [3.63, 3.8) is 0 Å². The normalized spacial score (nSPS) is 11.2. The second-order valence-corrected chi connectivity index (χ2v) is 8.41. The molecule has 134 valence electrons. The summed E-state index contributed by atoms with van der Waals surface area (Å²) in [6.07, 6.45) is 0. The molecular weight excluding hydrogens is 370 g/mol. The van der Waals surface area contributed by atoms with Crippen molar-refractivity contribution >= 4 is 38.1 Å². The molecule has 0 spiro atoms. The molecule has 3 rings (SSSR count). The molecule has 2 aromatic carbocycles. The quantitative estimate of drug-likeness (QED) is 0.726. The Morgan fingerprint density at radius 2 is 1.85 bits per heavy atom. The third-order valence-electron chi connectivity index (χ3n) is 3.71. The molecular formula is C18H17N3O3S2. The van der Waals surface area contributed by atoms with E-state index in [1.807, 2.05) is 18.4 Å². The fourth-order valence-electron chi connectivity index (χ4n) is 2.31. The number of anilines is 2. The number of nitrogens with one attached hydrogen (secondary N) is 1. The summed E-state index contributed by atoms with van der Waals surface area (Å²) in [6.45, 7) is 1.83. The highest BCUT2D eigenvalue weighted by molar-refractivity contribution is 7.92. The van der Waals surface area contributed by atoms with Crippen molar-refractivity contribution < 1.29 is 13.2 Å². The molecule has 0 aliphatic rings. The molecule has 0 fully saturated rings. The summed E-state index contributed by atoms with van der Waals surface area (Å²) in [7, 11) is -2.29. The van der Waals surface area contributed by atoms with Crippen molar-refractivity contribution in [2.24, 2.45) is 0 Å². The minimum Gasteiger partial charge on any atom is -0.298 e. The predicted molar refractivity (Wildman–Crippen MR) is 103 cm³/mol. The summed E-state index contributed by atoms with van der Waals surface area (Å²) < 4.78 is 26.9. The highest BCUT2D eigenvalue weighted by Crippen LogP contribution is 2.23. The van der Waals surface area contributed by atoms with E-state index < -0.39 is 15.9 Å². The maximum absolute atomic E-state index is 12.9. The lowest BCUT2D eigenvalue weighted by Crippen LogP contribution is -2.26. The van der Waals surface area contributed by atoms with Gasteiger partial charge in [0.15, 0.2) is 5.13 Å². The average Bonchev–Trinajstić information content (AvgIpc) is 3.06. The zero-order valence-electron chi connectivity index (χ0n) is 14.2. The molecule has 3 aromatic rings. The number of amides is 1. The summed E-state index contributed by atoms with van der Waals surface area (Å²) in [6, 6.07) is 14.7. The number of nitrogens with zero attached hydrogens (tertiary/aromatic N) is 2. The molecule has 1 amide bonds. The fraction of sp³-hybridized carbons (Fsp3) is 0.111. The van der Waals surface area contributed by atoms with Crippen LogP contribution in [0.4, 0.5) is 10.8 Å². The van der Waals surface area contributed by atoms with Gasteiger partial charge in [0.05, 0.1) is 16.3 Å². The molecule has 0 aliphatic carbocycles. The summed E-state index contributed by atoms with van der Waals surface area (Å²) >= 11 is 1.31. The van der Waals surface area contributed by atoms with Gasteiger partial charge >= 0.3 is 0 Å². The van der Waals surface area contributed by atoms with Crippen LogP contribution in [0.2, 0.25) is 0 Å². The molecule has 0 saturated carbocycles. The van der Waals surface area contributed by atoms with Crippen LogP contribution in [0, 0.1) is 6.92 Å². The maximum Gasteiger partial charge on any atom is 0.264 e. The van der Waals surface area contributed by atoms with E-state index in [0.29, 0.717) is 10.8 Å². The van der Waals surface area contributed by atoms with Crippen molar-refractivity contribution in [1.29, 1.82) is 0 Å². The molecule has 0 atom stereocenters. The maximum atomic E-state index is 12.9. The lowest BCUT2D eigenvalue weighted by molar-refractivity contribution is 0.102. The van der Waals surface area contributed by atoms with Crippen LogP contribution >= 0.6 is 11.3 Å². The first kappa shape index (κ1) is 18.1. The number of sulfonamides is 1. The SMILES string of the molecule is Cc1csc(NC(=O)c2cccc(S(=O)(=O)N(C)c3ccccc3)c2)n1. The van der Waals surface area contributed by atoms with Crippen LogP contribution in [-0.2, 0) is 10.0 Å². The highest BCUT2D eigenvalue weighted by Gasteiger charge is 2.22. The van der Waals surface area contributed by atoms with Gasteiger partial charge in [0, 0.05) is 18.0 Å². The van der Waals surface area contributed by atoms with Gasteiger partial charge in [-0.25, -0.2) is 13.4 Å². The van der Waals surface area contributed by atoms with Crippen molar-refractivity contribution in [1.82, 2.24) is 4.98 Å². The summed E-state index contributed by atoms with van der Waals surface area (Å²) in [5.41, 5.74) is 1.60. The molecule has 26 heavy (non-hydrogen) atoms. The van der Waals surface area contributed by atoms with Gasteiger partial charge in [-0.1, -0.05) is 24.3 Å². The van der Waals surface area contributed by atoms with Gasteiger partial charge < -0.3 is 0 Å². The number of aromatic nitrogens is 1. The third-order valence-corrected chi connectivity index (χ3v) is 6.37. The summed E-state index contributed by atoms with van der Waals surface area (Å²) in [5, 5.41) is 4.98. The number of rotatable bonds is 5. The second kappa shape index (κ2) is 7.27. The second-order valence-electron chi connectivity index (χ2n) is 5.58. The van der Waals surface area contributed by atoms with E-state index in [2.05, 4.69) is 10.3 Å². The van der Waals surface area contributed by atoms with Crippen molar-refractivity contribution in [2.75, 3.05) is 16.7 Å². The van der Waals surface area contributed by atoms with Crippen LogP contribution in [0.25, 0.3) is 0 Å². The number of benzene rings is 2. The van der Waals surface area contributed by atoms with Crippen molar-refractivity contribution in [3.8, 4) is 0 Å². The van der Waals surface area contributed by atoms with Gasteiger partial charge in [0.2, 0.25) is 0 Å². The Labute approximate surface area is 156 Å². The zero-order valence-corrected chi connectivity index (χ0v) is 15.8. The van der Waals surface area contributed by atoms with E-state index in [9.17, 15) is 13.2 Å². The Bertz CT molecular complexity index is 1030. The number of carbonyl (C=O) groups excluding carboxylic acids is 1. The minimum atomic E-state index is -3.78. The first-order valence-corrected chi connectivity index (χ1v) is 10.1. The Kier molecular flexibility index (Phi) is 5.06. The Balaban J connectivity index is 1.87.